The number of anilines is 2. The van der Waals surface area contributed by atoms with E-state index in [0.29, 0.717) is 5.69 Å². The predicted molar refractivity (Wildman–Crippen MR) is 81.7 cm³/mol. The Bertz CT molecular complexity index is 359. The van der Waals surface area contributed by atoms with Crippen LogP contribution in [0.3, 0.4) is 0 Å². The first-order chi connectivity index (χ1) is 8.06. The molecule has 17 heavy (non-hydrogen) atoms. The normalized spacial score (nSPS) is 11.5. The molecule has 0 aliphatic rings. The SMILES string of the molecule is CCC(CC)(CNc1ncc(N)cc1Br)SC. The molecule has 0 amide bonds. The van der Waals surface area contributed by atoms with E-state index in [4.69, 9.17) is 5.73 Å². The molecule has 0 aliphatic heterocycles. The van der Waals surface area contributed by atoms with Crippen molar-refractivity contribution in [2.24, 2.45) is 0 Å². The fourth-order valence-corrected chi connectivity index (χ4v) is 2.99. The van der Waals surface area contributed by atoms with E-state index in [-0.39, 0.29) is 4.75 Å². The number of nitrogen functional groups attached to an aromatic ring is 1. The van der Waals surface area contributed by atoms with Gasteiger partial charge in [0, 0.05) is 11.3 Å². The zero-order chi connectivity index (χ0) is 12.9. The summed E-state index contributed by atoms with van der Waals surface area (Å²) in [6, 6.07) is 1.87. The van der Waals surface area contributed by atoms with Crippen molar-refractivity contribution in [1.82, 2.24) is 4.98 Å². The number of pyridine rings is 1. The molecule has 0 fully saturated rings. The van der Waals surface area contributed by atoms with E-state index < -0.39 is 0 Å². The number of hydrogen-bond acceptors (Lipinski definition) is 4. The number of rotatable bonds is 6. The summed E-state index contributed by atoms with van der Waals surface area (Å²) < 4.78 is 1.20. The monoisotopic (exact) mass is 317 g/mol. The first-order valence-corrected chi connectivity index (χ1v) is 7.78. The summed E-state index contributed by atoms with van der Waals surface area (Å²) in [6.45, 7) is 5.37. The summed E-state index contributed by atoms with van der Waals surface area (Å²) in [7, 11) is 0. The number of nitrogens with zero attached hydrogens (tertiary/aromatic N) is 1. The summed E-state index contributed by atoms with van der Waals surface area (Å²) in [5, 5.41) is 3.40. The number of thioether (sulfide) groups is 1. The molecule has 1 rings (SSSR count). The minimum absolute atomic E-state index is 0.280. The highest BCUT2D eigenvalue weighted by atomic mass is 79.9. The van der Waals surface area contributed by atoms with Crippen LogP contribution in [0.15, 0.2) is 16.7 Å². The lowest BCUT2D eigenvalue weighted by molar-refractivity contribution is 0.574. The highest BCUT2D eigenvalue weighted by Crippen LogP contribution is 2.31. The topological polar surface area (TPSA) is 50.9 Å². The molecular weight excluding hydrogens is 298 g/mol. The molecule has 1 aromatic heterocycles. The van der Waals surface area contributed by atoms with E-state index in [9.17, 15) is 0 Å². The van der Waals surface area contributed by atoms with Crippen LogP contribution in [0.25, 0.3) is 0 Å². The maximum Gasteiger partial charge on any atom is 0.140 e. The third-order valence-electron chi connectivity index (χ3n) is 3.16. The van der Waals surface area contributed by atoms with Gasteiger partial charge in [-0.05, 0) is 41.1 Å². The standard InChI is InChI=1S/C12H20BrN3S/c1-4-12(5-2,17-3)8-16-11-10(13)6-9(14)7-15-11/h6-7H,4-5,8,14H2,1-3H3,(H,15,16). The average molecular weight is 318 g/mol. The molecule has 0 atom stereocenters. The Morgan fingerprint density at radius 1 is 1.47 bits per heavy atom. The van der Waals surface area contributed by atoms with Crippen LogP contribution in [0.5, 0.6) is 0 Å². The molecule has 0 aromatic carbocycles. The van der Waals surface area contributed by atoms with Crippen molar-refractivity contribution in [3.63, 3.8) is 0 Å². The Balaban J connectivity index is 2.72. The third kappa shape index (κ3) is 3.78. The molecule has 0 unspecified atom stereocenters. The van der Waals surface area contributed by atoms with Crippen molar-refractivity contribution in [1.29, 1.82) is 0 Å². The molecule has 0 bridgehead atoms. The first-order valence-electron chi connectivity index (χ1n) is 5.77. The van der Waals surface area contributed by atoms with Crippen LogP contribution in [0.2, 0.25) is 0 Å². The van der Waals surface area contributed by atoms with Gasteiger partial charge in [-0.1, -0.05) is 13.8 Å². The fourth-order valence-electron chi connectivity index (χ4n) is 1.69. The van der Waals surface area contributed by atoms with Gasteiger partial charge >= 0.3 is 0 Å². The van der Waals surface area contributed by atoms with E-state index in [1.54, 1.807) is 6.20 Å². The molecule has 0 aliphatic carbocycles. The largest absolute Gasteiger partial charge is 0.397 e. The van der Waals surface area contributed by atoms with Crippen LogP contribution < -0.4 is 11.1 Å². The van der Waals surface area contributed by atoms with Gasteiger partial charge in [0.15, 0.2) is 0 Å². The highest BCUT2D eigenvalue weighted by molar-refractivity contribution is 9.10. The molecule has 0 saturated heterocycles. The van der Waals surface area contributed by atoms with Gasteiger partial charge in [0.2, 0.25) is 0 Å². The Morgan fingerprint density at radius 3 is 2.59 bits per heavy atom. The summed E-state index contributed by atoms with van der Waals surface area (Å²) >= 11 is 5.38. The van der Waals surface area contributed by atoms with Crippen LogP contribution in [0, 0.1) is 0 Å². The lowest BCUT2D eigenvalue weighted by atomic mass is 10.0. The van der Waals surface area contributed by atoms with Crippen molar-refractivity contribution in [3.05, 3.63) is 16.7 Å². The molecule has 1 heterocycles. The number of nitrogens with one attached hydrogen (secondary N) is 1. The Kier molecular flexibility index (Phi) is 5.59. The van der Waals surface area contributed by atoms with E-state index in [2.05, 4.69) is 46.3 Å². The summed E-state index contributed by atoms with van der Waals surface area (Å²) in [5.41, 5.74) is 6.33. The molecule has 1 aromatic rings. The zero-order valence-electron chi connectivity index (χ0n) is 10.6. The van der Waals surface area contributed by atoms with E-state index in [1.165, 1.54) is 0 Å². The number of halogens is 1. The minimum Gasteiger partial charge on any atom is -0.397 e. The van der Waals surface area contributed by atoms with Crippen molar-refractivity contribution >= 4 is 39.2 Å². The molecule has 5 heteroatoms. The lowest BCUT2D eigenvalue weighted by Gasteiger charge is -2.30. The van der Waals surface area contributed by atoms with Gasteiger partial charge in [-0.25, -0.2) is 4.98 Å². The van der Waals surface area contributed by atoms with Crippen LogP contribution >= 0.6 is 27.7 Å². The van der Waals surface area contributed by atoms with E-state index in [1.807, 2.05) is 17.8 Å². The summed E-state index contributed by atoms with van der Waals surface area (Å²) in [6.07, 6.45) is 6.13. The van der Waals surface area contributed by atoms with Gasteiger partial charge in [-0.3, -0.25) is 0 Å². The molecule has 0 radical (unpaired) electrons. The number of hydrogen-bond donors (Lipinski definition) is 2. The molecule has 0 saturated carbocycles. The molecule has 3 N–H and O–H groups in total. The highest BCUT2D eigenvalue weighted by Gasteiger charge is 2.24. The predicted octanol–water partition coefficient (Wildman–Crippen LogP) is 3.76. The second-order valence-electron chi connectivity index (χ2n) is 4.05. The van der Waals surface area contributed by atoms with Crippen molar-refractivity contribution in [2.45, 2.75) is 31.4 Å². The van der Waals surface area contributed by atoms with Gasteiger partial charge in [-0.2, -0.15) is 11.8 Å². The molecule has 0 spiro atoms. The van der Waals surface area contributed by atoms with Crippen LogP contribution in [0.4, 0.5) is 11.5 Å². The van der Waals surface area contributed by atoms with Crippen molar-refractivity contribution in [3.8, 4) is 0 Å². The fraction of sp³-hybridized carbons (Fsp3) is 0.583. The molecular formula is C12H20BrN3S. The van der Waals surface area contributed by atoms with Gasteiger partial charge in [-0.15, -0.1) is 0 Å². The quantitative estimate of drug-likeness (QED) is 0.838. The number of nitrogens with two attached hydrogens (primary N) is 1. The van der Waals surface area contributed by atoms with Gasteiger partial charge < -0.3 is 11.1 Å². The van der Waals surface area contributed by atoms with Crippen LogP contribution in [0.1, 0.15) is 26.7 Å². The smallest absolute Gasteiger partial charge is 0.140 e. The second kappa shape index (κ2) is 6.50. The van der Waals surface area contributed by atoms with Crippen LogP contribution in [-0.2, 0) is 0 Å². The Labute approximate surface area is 116 Å². The van der Waals surface area contributed by atoms with Gasteiger partial charge in [0.25, 0.3) is 0 Å². The van der Waals surface area contributed by atoms with Crippen molar-refractivity contribution in [2.75, 3.05) is 23.9 Å². The summed E-state index contributed by atoms with van der Waals surface area (Å²) in [4.78, 5) is 4.29. The Hall–Kier alpha value is -0.420. The van der Waals surface area contributed by atoms with E-state index in [0.717, 1.165) is 29.7 Å². The zero-order valence-corrected chi connectivity index (χ0v) is 13.0. The Morgan fingerprint density at radius 2 is 2.12 bits per heavy atom. The molecule has 96 valence electrons. The summed E-state index contributed by atoms with van der Waals surface area (Å²) in [5.74, 6) is 0.861. The van der Waals surface area contributed by atoms with Gasteiger partial charge in [0.05, 0.1) is 16.4 Å². The molecule has 3 nitrogen and oxygen atoms in total. The maximum absolute atomic E-state index is 5.66. The minimum atomic E-state index is 0.280. The third-order valence-corrected chi connectivity index (χ3v) is 5.35. The van der Waals surface area contributed by atoms with Gasteiger partial charge in [0.1, 0.15) is 5.82 Å². The number of aromatic nitrogens is 1. The van der Waals surface area contributed by atoms with Crippen LogP contribution in [-0.4, -0.2) is 22.5 Å². The second-order valence-corrected chi connectivity index (χ2v) is 6.18. The lowest BCUT2D eigenvalue weighted by Crippen LogP contribution is -2.32. The first kappa shape index (κ1) is 14.6. The maximum atomic E-state index is 5.66. The van der Waals surface area contributed by atoms with E-state index >= 15 is 0 Å². The van der Waals surface area contributed by atoms with Crippen molar-refractivity contribution < 1.29 is 0 Å². The average Bonchev–Trinajstić information content (AvgIpc) is 2.33.